The zero-order valence-corrected chi connectivity index (χ0v) is 14.7. The van der Waals surface area contributed by atoms with Gasteiger partial charge in [-0.15, -0.1) is 0 Å². The lowest BCUT2D eigenvalue weighted by Crippen LogP contribution is -2.38. The standard InChI is InChI=1S/C13H21N5O5S/c1-13(2,3)23-12(20)17-8-7-16-11(19)9-10(15-6-5-14-9)18-24(4,21)22/h5-6H,7-8H2,1-4H3,(H,15,18)(H,16,19)(H,17,20). The van der Waals surface area contributed by atoms with E-state index in [2.05, 4.69) is 25.3 Å². The van der Waals surface area contributed by atoms with Crippen LogP contribution in [0.1, 0.15) is 31.3 Å². The molecule has 0 saturated heterocycles. The van der Waals surface area contributed by atoms with E-state index in [4.69, 9.17) is 4.74 Å². The molecule has 3 N–H and O–H groups in total. The van der Waals surface area contributed by atoms with Gasteiger partial charge < -0.3 is 15.4 Å². The van der Waals surface area contributed by atoms with E-state index in [1.54, 1.807) is 20.8 Å². The van der Waals surface area contributed by atoms with Crippen LogP contribution in [-0.2, 0) is 14.8 Å². The number of aromatic nitrogens is 2. The number of anilines is 1. The van der Waals surface area contributed by atoms with Crippen LogP contribution in [-0.4, -0.2) is 55.3 Å². The molecule has 1 heterocycles. The fraction of sp³-hybridized carbons (Fsp3) is 0.538. The Balaban J connectivity index is 2.53. The molecule has 0 atom stereocenters. The van der Waals surface area contributed by atoms with Crippen LogP contribution >= 0.6 is 0 Å². The molecule has 1 rings (SSSR count). The monoisotopic (exact) mass is 359 g/mol. The van der Waals surface area contributed by atoms with Gasteiger partial charge in [-0.1, -0.05) is 0 Å². The highest BCUT2D eigenvalue weighted by molar-refractivity contribution is 7.92. The number of nitrogens with one attached hydrogen (secondary N) is 3. The van der Waals surface area contributed by atoms with E-state index in [0.29, 0.717) is 0 Å². The minimum Gasteiger partial charge on any atom is -0.444 e. The number of carbonyl (C=O) groups is 2. The van der Waals surface area contributed by atoms with Gasteiger partial charge in [0.25, 0.3) is 5.91 Å². The van der Waals surface area contributed by atoms with Crippen LogP contribution in [0.25, 0.3) is 0 Å². The molecule has 0 saturated carbocycles. The minimum atomic E-state index is -3.59. The molecule has 0 aromatic carbocycles. The minimum absolute atomic E-state index is 0.104. The fourth-order valence-corrected chi connectivity index (χ4v) is 1.99. The van der Waals surface area contributed by atoms with Crippen molar-refractivity contribution in [2.75, 3.05) is 24.1 Å². The number of hydrogen-bond donors (Lipinski definition) is 3. The number of rotatable bonds is 6. The molecule has 0 aliphatic heterocycles. The normalized spacial score (nSPS) is 11.5. The van der Waals surface area contributed by atoms with Crippen LogP contribution in [0.3, 0.4) is 0 Å². The summed E-state index contributed by atoms with van der Waals surface area (Å²) >= 11 is 0. The summed E-state index contributed by atoms with van der Waals surface area (Å²) in [5.74, 6) is -0.794. The van der Waals surface area contributed by atoms with Gasteiger partial charge >= 0.3 is 6.09 Å². The van der Waals surface area contributed by atoms with Gasteiger partial charge in [0.15, 0.2) is 11.5 Å². The van der Waals surface area contributed by atoms with Gasteiger partial charge in [-0.25, -0.2) is 23.2 Å². The lowest BCUT2D eigenvalue weighted by molar-refractivity contribution is 0.0526. The second-order valence-corrected chi connectivity index (χ2v) is 7.56. The molecule has 1 aromatic rings. The van der Waals surface area contributed by atoms with E-state index in [0.717, 1.165) is 6.26 Å². The van der Waals surface area contributed by atoms with Crippen LogP contribution in [0.4, 0.5) is 10.6 Å². The van der Waals surface area contributed by atoms with E-state index < -0.39 is 27.6 Å². The Kier molecular flexibility index (Phi) is 6.46. The summed E-state index contributed by atoms with van der Waals surface area (Å²) in [6.45, 7) is 5.44. The molecule has 0 spiro atoms. The first-order chi connectivity index (χ1) is 11.0. The van der Waals surface area contributed by atoms with E-state index in [1.165, 1.54) is 12.4 Å². The van der Waals surface area contributed by atoms with Crippen molar-refractivity contribution < 1.29 is 22.7 Å². The first kappa shape index (κ1) is 19.6. The Morgan fingerprint density at radius 2 is 1.71 bits per heavy atom. The van der Waals surface area contributed by atoms with Gasteiger partial charge in [-0.3, -0.25) is 9.52 Å². The average molecular weight is 359 g/mol. The number of ether oxygens (including phenoxy) is 1. The Morgan fingerprint density at radius 1 is 1.12 bits per heavy atom. The molecule has 0 fully saturated rings. The summed E-state index contributed by atoms with van der Waals surface area (Å²) in [7, 11) is -3.59. The second kappa shape index (κ2) is 7.90. The summed E-state index contributed by atoms with van der Waals surface area (Å²) in [5, 5.41) is 4.97. The summed E-state index contributed by atoms with van der Waals surface area (Å²) in [4.78, 5) is 31.1. The van der Waals surface area contributed by atoms with Crippen molar-refractivity contribution >= 4 is 27.8 Å². The maximum atomic E-state index is 12.0. The smallest absolute Gasteiger partial charge is 0.407 e. The summed E-state index contributed by atoms with van der Waals surface area (Å²) in [6.07, 6.45) is 2.86. The highest BCUT2D eigenvalue weighted by Crippen LogP contribution is 2.09. The highest BCUT2D eigenvalue weighted by Gasteiger charge is 2.17. The van der Waals surface area contributed by atoms with Crippen LogP contribution < -0.4 is 15.4 Å². The Labute approximate surface area is 140 Å². The third-order valence-electron chi connectivity index (χ3n) is 2.27. The number of alkyl carbamates (subject to hydrolysis) is 1. The number of carbonyl (C=O) groups excluding carboxylic acids is 2. The van der Waals surface area contributed by atoms with Gasteiger partial charge in [0, 0.05) is 25.5 Å². The van der Waals surface area contributed by atoms with Crippen molar-refractivity contribution in [3.8, 4) is 0 Å². The molecule has 0 unspecified atom stereocenters. The molecule has 2 amide bonds. The van der Waals surface area contributed by atoms with E-state index >= 15 is 0 Å². The van der Waals surface area contributed by atoms with Gasteiger partial charge in [-0.2, -0.15) is 0 Å². The number of amides is 2. The average Bonchev–Trinajstić information content (AvgIpc) is 2.40. The topological polar surface area (TPSA) is 139 Å². The molecule has 134 valence electrons. The third-order valence-corrected chi connectivity index (χ3v) is 2.84. The molecule has 1 aromatic heterocycles. The van der Waals surface area contributed by atoms with Crippen molar-refractivity contribution in [1.29, 1.82) is 0 Å². The van der Waals surface area contributed by atoms with E-state index in [1.807, 2.05) is 0 Å². The molecule has 0 bridgehead atoms. The molecule has 0 aliphatic rings. The Bertz CT molecular complexity index is 699. The molecular weight excluding hydrogens is 338 g/mol. The molecule has 0 aliphatic carbocycles. The van der Waals surface area contributed by atoms with Crippen LogP contribution in [0.2, 0.25) is 0 Å². The quantitative estimate of drug-likeness (QED) is 0.612. The Morgan fingerprint density at radius 3 is 2.29 bits per heavy atom. The van der Waals surface area contributed by atoms with Crippen molar-refractivity contribution in [3.05, 3.63) is 18.1 Å². The summed E-state index contributed by atoms with van der Waals surface area (Å²) in [5.41, 5.74) is -0.778. The maximum absolute atomic E-state index is 12.0. The van der Waals surface area contributed by atoms with Gasteiger partial charge in [0.2, 0.25) is 10.0 Å². The van der Waals surface area contributed by atoms with Crippen molar-refractivity contribution in [2.45, 2.75) is 26.4 Å². The van der Waals surface area contributed by atoms with Crippen LogP contribution in [0.15, 0.2) is 12.4 Å². The maximum Gasteiger partial charge on any atom is 0.407 e. The zero-order chi connectivity index (χ0) is 18.4. The number of nitrogens with zero attached hydrogens (tertiary/aromatic N) is 2. The zero-order valence-electron chi connectivity index (χ0n) is 13.9. The summed E-state index contributed by atoms with van der Waals surface area (Å²) in [6, 6.07) is 0. The van der Waals surface area contributed by atoms with Crippen LogP contribution in [0.5, 0.6) is 0 Å². The van der Waals surface area contributed by atoms with Gasteiger partial charge in [-0.05, 0) is 20.8 Å². The lowest BCUT2D eigenvalue weighted by Gasteiger charge is -2.19. The van der Waals surface area contributed by atoms with Gasteiger partial charge in [0.1, 0.15) is 5.60 Å². The molecular formula is C13H21N5O5S. The van der Waals surface area contributed by atoms with Crippen molar-refractivity contribution in [3.63, 3.8) is 0 Å². The predicted molar refractivity (Wildman–Crippen MR) is 87.1 cm³/mol. The molecule has 10 nitrogen and oxygen atoms in total. The largest absolute Gasteiger partial charge is 0.444 e. The van der Waals surface area contributed by atoms with Crippen LogP contribution in [0, 0.1) is 0 Å². The van der Waals surface area contributed by atoms with Crippen molar-refractivity contribution in [2.24, 2.45) is 0 Å². The number of sulfonamides is 1. The molecule has 0 radical (unpaired) electrons. The lowest BCUT2D eigenvalue weighted by atomic mass is 10.2. The third kappa shape index (κ3) is 7.72. The second-order valence-electron chi connectivity index (χ2n) is 5.81. The Hall–Kier alpha value is -2.43. The molecule has 11 heteroatoms. The molecule has 24 heavy (non-hydrogen) atoms. The van der Waals surface area contributed by atoms with Crippen molar-refractivity contribution in [1.82, 2.24) is 20.6 Å². The predicted octanol–water partition coefficient (Wildman–Crippen LogP) is 0.103. The van der Waals surface area contributed by atoms with Gasteiger partial charge in [0.05, 0.1) is 6.26 Å². The first-order valence-corrected chi connectivity index (χ1v) is 8.91. The first-order valence-electron chi connectivity index (χ1n) is 7.02. The number of hydrogen-bond acceptors (Lipinski definition) is 7. The summed E-state index contributed by atoms with van der Waals surface area (Å²) < 4.78 is 29.7. The fourth-order valence-electron chi connectivity index (χ4n) is 1.49. The van der Waals surface area contributed by atoms with E-state index in [-0.39, 0.29) is 24.6 Å². The highest BCUT2D eigenvalue weighted by atomic mass is 32.2. The van der Waals surface area contributed by atoms with E-state index in [9.17, 15) is 18.0 Å². The SMILES string of the molecule is CC(C)(C)OC(=O)NCCNC(=O)c1nccnc1NS(C)(=O)=O.